The Balaban J connectivity index is 1.70. The third kappa shape index (κ3) is 3.63. The highest BCUT2D eigenvalue weighted by Crippen LogP contribution is 2.39. The smallest absolute Gasteiger partial charge is 0.315 e. The molecule has 3 aromatic rings. The molecule has 1 aliphatic heterocycles. The van der Waals surface area contributed by atoms with E-state index in [1.807, 2.05) is 48.5 Å². The van der Waals surface area contributed by atoms with Crippen LogP contribution in [0.4, 0.5) is 4.79 Å². The summed E-state index contributed by atoms with van der Waals surface area (Å²) in [7, 11) is 0. The highest BCUT2D eigenvalue weighted by molar-refractivity contribution is 5.73. The van der Waals surface area contributed by atoms with Crippen molar-refractivity contribution in [1.29, 1.82) is 0 Å². The lowest BCUT2D eigenvalue weighted by Crippen LogP contribution is -2.56. The molecule has 6 nitrogen and oxygen atoms in total. The number of hydrogen-bond acceptors (Lipinski definition) is 4. The molecule has 144 valence electrons. The molecule has 2 amide bonds. The predicted octanol–water partition coefficient (Wildman–Crippen LogP) is 3.66. The Hall–Kier alpha value is -3.15. The fourth-order valence-electron chi connectivity index (χ4n) is 4.07. The molecule has 1 aliphatic rings. The average molecular weight is 376 g/mol. The van der Waals surface area contributed by atoms with E-state index in [4.69, 9.17) is 15.2 Å². The number of aromatic nitrogens is 2. The molecule has 2 N–H and O–H groups in total. The molecule has 6 heteroatoms. The Bertz CT molecular complexity index is 926. The molecule has 0 bridgehead atoms. The Morgan fingerprint density at radius 3 is 2.39 bits per heavy atom. The van der Waals surface area contributed by atoms with Crippen LogP contribution in [0.1, 0.15) is 42.1 Å². The molecule has 1 atom stereocenters. The van der Waals surface area contributed by atoms with Gasteiger partial charge in [-0.15, -0.1) is 0 Å². The summed E-state index contributed by atoms with van der Waals surface area (Å²) in [5, 5.41) is 4.30. The van der Waals surface area contributed by atoms with E-state index in [1.54, 1.807) is 4.90 Å². The standard InChI is InChI=1S/C22H24N4O2/c23-21(27)26-14-8-7-13-22(26,16-18-11-5-2-6-12-18)20-24-19(28-25-20)15-17-9-3-1-4-10-17/h1-6,9-12H,7-8,13-16H2,(H2,23,27). The number of amides is 2. The number of nitrogens with two attached hydrogens (primary N) is 1. The summed E-state index contributed by atoms with van der Waals surface area (Å²) in [4.78, 5) is 18.7. The molecule has 28 heavy (non-hydrogen) atoms. The molecule has 1 unspecified atom stereocenters. The first-order chi connectivity index (χ1) is 13.7. The number of likely N-dealkylation sites (tertiary alicyclic amines) is 1. The molecule has 2 heterocycles. The zero-order valence-electron chi connectivity index (χ0n) is 15.8. The molecule has 0 aliphatic carbocycles. The van der Waals surface area contributed by atoms with Crippen molar-refractivity contribution in [2.24, 2.45) is 5.73 Å². The van der Waals surface area contributed by atoms with Crippen LogP contribution < -0.4 is 5.73 Å². The normalized spacial score (nSPS) is 19.5. The van der Waals surface area contributed by atoms with Gasteiger partial charge in [0.2, 0.25) is 5.89 Å². The maximum atomic E-state index is 12.3. The van der Waals surface area contributed by atoms with E-state index in [0.29, 0.717) is 31.1 Å². The molecule has 0 saturated carbocycles. The van der Waals surface area contributed by atoms with Crippen molar-refractivity contribution in [3.8, 4) is 0 Å². The summed E-state index contributed by atoms with van der Waals surface area (Å²) >= 11 is 0. The van der Waals surface area contributed by atoms with Gasteiger partial charge in [-0.3, -0.25) is 0 Å². The zero-order valence-corrected chi connectivity index (χ0v) is 15.8. The molecule has 1 aromatic heterocycles. The van der Waals surface area contributed by atoms with Crippen molar-refractivity contribution >= 4 is 6.03 Å². The largest absolute Gasteiger partial charge is 0.351 e. The number of urea groups is 1. The molecule has 2 aromatic carbocycles. The molecule has 1 saturated heterocycles. The number of benzene rings is 2. The van der Waals surface area contributed by atoms with Gasteiger partial charge in [-0.05, 0) is 30.4 Å². The molecular formula is C22H24N4O2. The number of rotatable bonds is 5. The predicted molar refractivity (Wildman–Crippen MR) is 106 cm³/mol. The summed E-state index contributed by atoms with van der Waals surface area (Å²) in [6, 6.07) is 19.7. The number of carbonyl (C=O) groups excluding carboxylic acids is 1. The Labute approximate surface area is 164 Å². The van der Waals surface area contributed by atoms with Crippen LogP contribution in [0.2, 0.25) is 0 Å². The van der Waals surface area contributed by atoms with E-state index in [-0.39, 0.29) is 0 Å². The summed E-state index contributed by atoms with van der Waals surface area (Å²) in [5.41, 5.74) is 7.31. The van der Waals surface area contributed by atoms with Crippen LogP contribution >= 0.6 is 0 Å². The van der Waals surface area contributed by atoms with Gasteiger partial charge in [-0.1, -0.05) is 65.8 Å². The first-order valence-electron chi connectivity index (χ1n) is 9.65. The van der Waals surface area contributed by atoms with E-state index in [2.05, 4.69) is 17.3 Å². The van der Waals surface area contributed by atoms with Crippen molar-refractivity contribution in [3.05, 3.63) is 83.5 Å². The number of nitrogens with zero attached hydrogens (tertiary/aromatic N) is 3. The van der Waals surface area contributed by atoms with Crippen LogP contribution in [-0.2, 0) is 18.4 Å². The maximum absolute atomic E-state index is 12.3. The fourth-order valence-corrected chi connectivity index (χ4v) is 4.07. The molecule has 1 fully saturated rings. The number of piperidine rings is 1. The van der Waals surface area contributed by atoms with Crippen LogP contribution in [0, 0.1) is 0 Å². The molecule has 0 spiro atoms. The summed E-state index contributed by atoms with van der Waals surface area (Å²) < 4.78 is 5.57. The number of primary amides is 1. The van der Waals surface area contributed by atoms with Crippen molar-refractivity contribution in [1.82, 2.24) is 15.0 Å². The van der Waals surface area contributed by atoms with E-state index >= 15 is 0 Å². The maximum Gasteiger partial charge on any atom is 0.315 e. The van der Waals surface area contributed by atoms with Crippen LogP contribution in [0.3, 0.4) is 0 Å². The first-order valence-corrected chi connectivity index (χ1v) is 9.65. The van der Waals surface area contributed by atoms with Crippen LogP contribution in [0.5, 0.6) is 0 Å². The Morgan fingerprint density at radius 2 is 1.71 bits per heavy atom. The minimum Gasteiger partial charge on any atom is -0.351 e. The second kappa shape index (κ2) is 7.84. The van der Waals surface area contributed by atoms with E-state index < -0.39 is 11.6 Å². The van der Waals surface area contributed by atoms with Crippen LogP contribution in [-0.4, -0.2) is 27.6 Å². The lowest BCUT2D eigenvalue weighted by molar-refractivity contribution is 0.0696. The summed E-state index contributed by atoms with van der Waals surface area (Å²) in [6.45, 7) is 0.602. The fraction of sp³-hybridized carbons (Fsp3) is 0.318. The minimum atomic E-state index is -0.677. The van der Waals surface area contributed by atoms with E-state index in [0.717, 1.165) is 30.4 Å². The van der Waals surface area contributed by atoms with Gasteiger partial charge >= 0.3 is 6.03 Å². The van der Waals surface area contributed by atoms with Crippen LogP contribution in [0.15, 0.2) is 65.2 Å². The third-order valence-electron chi connectivity index (χ3n) is 5.43. The third-order valence-corrected chi connectivity index (χ3v) is 5.43. The van der Waals surface area contributed by atoms with E-state index in [1.165, 1.54) is 0 Å². The van der Waals surface area contributed by atoms with Gasteiger partial charge in [-0.25, -0.2) is 4.79 Å². The number of carbonyl (C=O) groups is 1. The van der Waals surface area contributed by atoms with Gasteiger partial charge in [0.15, 0.2) is 5.82 Å². The highest BCUT2D eigenvalue weighted by atomic mass is 16.5. The number of hydrogen-bond donors (Lipinski definition) is 1. The van der Waals surface area contributed by atoms with Crippen LogP contribution in [0.25, 0.3) is 0 Å². The SMILES string of the molecule is NC(=O)N1CCCCC1(Cc1ccccc1)c1noc(Cc2ccccc2)n1. The summed E-state index contributed by atoms with van der Waals surface area (Å²) in [5.74, 6) is 1.09. The second-order valence-electron chi connectivity index (χ2n) is 7.32. The first kappa shape index (κ1) is 18.2. The van der Waals surface area contributed by atoms with Gasteiger partial charge in [-0.2, -0.15) is 4.98 Å². The monoisotopic (exact) mass is 376 g/mol. The lowest BCUT2D eigenvalue weighted by atomic mass is 9.80. The lowest BCUT2D eigenvalue weighted by Gasteiger charge is -2.44. The second-order valence-corrected chi connectivity index (χ2v) is 7.32. The minimum absolute atomic E-state index is 0.440. The topological polar surface area (TPSA) is 85.3 Å². The molecular weight excluding hydrogens is 352 g/mol. The Morgan fingerprint density at radius 1 is 1.04 bits per heavy atom. The summed E-state index contributed by atoms with van der Waals surface area (Å²) in [6.07, 6.45) is 3.84. The quantitative estimate of drug-likeness (QED) is 0.736. The molecule has 4 rings (SSSR count). The van der Waals surface area contributed by atoms with Crippen molar-refractivity contribution < 1.29 is 9.32 Å². The van der Waals surface area contributed by atoms with Gasteiger partial charge in [0.05, 0.1) is 6.42 Å². The van der Waals surface area contributed by atoms with Crippen molar-refractivity contribution in [3.63, 3.8) is 0 Å². The van der Waals surface area contributed by atoms with Gasteiger partial charge in [0.1, 0.15) is 5.54 Å². The Kier molecular flexibility index (Phi) is 5.10. The van der Waals surface area contributed by atoms with Gasteiger partial charge in [0.25, 0.3) is 0 Å². The van der Waals surface area contributed by atoms with Crippen molar-refractivity contribution in [2.75, 3.05) is 6.54 Å². The van der Waals surface area contributed by atoms with Crippen molar-refractivity contribution in [2.45, 2.75) is 37.6 Å². The molecule has 0 radical (unpaired) electrons. The highest BCUT2D eigenvalue weighted by Gasteiger charge is 2.46. The average Bonchev–Trinajstić information content (AvgIpc) is 3.19. The van der Waals surface area contributed by atoms with E-state index in [9.17, 15) is 4.79 Å². The van der Waals surface area contributed by atoms with Gasteiger partial charge < -0.3 is 15.2 Å². The zero-order chi connectivity index (χ0) is 19.4. The van der Waals surface area contributed by atoms with Gasteiger partial charge in [0, 0.05) is 13.0 Å².